The predicted octanol–water partition coefficient (Wildman–Crippen LogP) is 2.43. The lowest BCUT2D eigenvalue weighted by Crippen LogP contribution is -2.22. The van der Waals surface area contributed by atoms with Gasteiger partial charge < -0.3 is 5.32 Å². The van der Waals surface area contributed by atoms with E-state index in [0.29, 0.717) is 0 Å². The summed E-state index contributed by atoms with van der Waals surface area (Å²) in [5.41, 5.74) is 2.58. The van der Waals surface area contributed by atoms with E-state index in [1.165, 1.54) is 49.9 Å². The molecule has 90 valence electrons. The highest BCUT2D eigenvalue weighted by Crippen LogP contribution is 2.23. The van der Waals surface area contributed by atoms with Gasteiger partial charge in [0.1, 0.15) is 0 Å². The van der Waals surface area contributed by atoms with Gasteiger partial charge in [-0.15, -0.1) is 0 Å². The number of aromatic nitrogens is 2. The first-order valence-corrected chi connectivity index (χ1v) is 6.56. The Balaban J connectivity index is 1.53. The van der Waals surface area contributed by atoms with Crippen molar-refractivity contribution < 1.29 is 0 Å². The Morgan fingerprint density at radius 1 is 1.44 bits per heavy atom. The van der Waals surface area contributed by atoms with Crippen LogP contribution in [-0.4, -0.2) is 23.3 Å². The molecule has 1 aliphatic rings. The van der Waals surface area contributed by atoms with Crippen molar-refractivity contribution in [1.82, 2.24) is 15.5 Å². The standard InChI is InChI=1S/C13H23N3/c1-11-13(10-15-16-11)7-4-8-14-9-12-5-2-3-6-12/h10,12,14H,2-9H2,1H3,(H,15,16). The zero-order valence-corrected chi connectivity index (χ0v) is 10.3. The molecule has 0 spiro atoms. The van der Waals surface area contributed by atoms with E-state index in [4.69, 9.17) is 0 Å². The van der Waals surface area contributed by atoms with E-state index in [9.17, 15) is 0 Å². The molecule has 0 aliphatic heterocycles. The van der Waals surface area contributed by atoms with Gasteiger partial charge in [0.05, 0.1) is 6.20 Å². The van der Waals surface area contributed by atoms with Crippen LogP contribution in [0.4, 0.5) is 0 Å². The van der Waals surface area contributed by atoms with Crippen LogP contribution < -0.4 is 5.32 Å². The maximum absolute atomic E-state index is 4.04. The first-order chi connectivity index (χ1) is 7.86. The number of aromatic amines is 1. The molecule has 2 rings (SSSR count). The molecule has 1 aromatic rings. The molecule has 1 fully saturated rings. The fraction of sp³-hybridized carbons (Fsp3) is 0.769. The summed E-state index contributed by atoms with van der Waals surface area (Å²) in [5, 5.41) is 10.6. The normalized spacial score (nSPS) is 17.1. The Bertz CT molecular complexity index is 300. The van der Waals surface area contributed by atoms with Gasteiger partial charge in [-0.05, 0) is 57.2 Å². The van der Waals surface area contributed by atoms with Crippen molar-refractivity contribution >= 4 is 0 Å². The maximum atomic E-state index is 4.04. The fourth-order valence-corrected chi connectivity index (χ4v) is 2.55. The molecule has 1 aromatic heterocycles. The second-order valence-electron chi connectivity index (χ2n) is 4.98. The summed E-state index contributed by atoms with van der Waals surface area (Å²) in [6, 6.07) is 0. The Hall–Kier alpha value is -0.830. The molecule has 0 aromatic carbocycles. The highest BCUT2D eigenvalue weighted by molar-refractivity contribution is 5.14. The van der Waals surface area contributed by atoms with Crippen LogP contribution >= 0.6 is 0 Å². The van der Waals surface area contributed by atoms with Crippen molar-refractivity contribution in [2.75, 3.05) is 13.1 Å². The van der Waals surface area contributed by atoms with Crippen molar-refractivity contribution in [2.45, 2.75) is 45.4 Å². The molecule has 3 nitrogen and oxygen atoms in total. The van der Waals surface area contributed by atoms with E-state index in [0.717, 1.165) is 18.9 Å². The SMILES string of the molecule is Cc1[nH]ncc1CCCNCC1CCCC1. The summed E-state index contributed by atoms with van der Waals surface area (Å²) in [5.74, 6) is 0.954. The molecule has 0 unspecified atom stereocenters. The van der Waals surface area contributed by atoms with Crippen LogP contribution in [0.2, 0.25) is 0 Å². The van der Waals surface area contributed by atoms with Crippen molar-refractivity contribution in [2.24, 2.45) is 5.92 Å². The molecular weight excluding hydrogens is 198 g/mol. The second kappa shape index (κ2) is 6.04. The Morgan fingerprint density at radius 3 is 2.94 bits per heavy atom. The maximum Gasteiger partial charge on any atom is 0.0522 e. The van der Waals surface area contributed by atoms with Gasteiger partial charge in [0, 0.05) is 5.69 Å². The molecule has 1 heterocycles. The molecule has 3 heteroatoms. The molecular formula is C13H23N3. The van der Waals surface area contributed by atoms with Crippen LogP contribution in [-0.2, 0) is 6.42 Å². The molecule has 2 N–H and O–H groups in total. The average Bonchev–Trinajstić information content (AvgIpc) is 2.90. The summed E-state index contributed by atoms with van der Waals surface area (Å²) in [6.07, 6.45) is 10.1. The Labute approximate surface area is 98.0 Å². The van der Waals surface area contributed by atoms with Crippen molar-refractivity contribution in [3.63, 3.8) is 0 Å². The molecule has 0 amide bonds. The van der Waals surface area contributed by atoms with Crippen molar-refractivity contribution in [1.29, 1.82) is 0 Å². The van der Waals surface area contributed by atoms with Gasteiger partial charge in [-0.3, -0.25) is 5.10 Å². The van der Waals surface area contributed by atoms with Gasteiger partial charge >= 0.3 is 0 Å². The summed E-state index contributed by atoms with van der Waals surface area (Å²) in [6.45, 7) is 4.46. The predicted molar refractivity (Wildman–Crippen MR) is 66.5 cm³/mol. The minimum Gasteiger partial charge on any atom is -0.316 e. The monoisotopic (exact) mass is 221 g/mol. The van der Waals surface area contributed by atoms with Gasteiger partial charge in [-0.1, -0.05) is 12.8 Å². The van der Waals surface area contributed by atoms with Crippen molar-refractivity contribution in [3.05, 3.63) is 17.5 Å². The summed E-state index contributed by atoms with van der Waals surface area (Å²) in [4.78, 5) is 0. The third kappa shape index (κ3) is 3.34. The van der Waals surface area contributed by atoms with Gasteiger partial charge in [-0.2, -0.15) is 5.10 Å². The molecule has 0 bridgehead atoms. The quantitative estimate of drug-likeness (QED) is 0.724. The van der Waals surface area contributed by atoms with Crippen molar-refractivity contribution in [3.8, 4) is 0 Å². The van der Waals surface area contributed by atoms with Crippen LogP contribution in [0.1, 0.15) is 43.4 Å². The molecule has 0 radical (unpaired) electrons. The third-order valence-corrected chi connectivity index (χ3v) is 3.64. The number of hydrogen-bond acceptors (Lipinski definition) is 2. The van der Waals surface area contributed by atoms with Crippen LogP contribution in [0.25, 0.3) is 0 Å². The van der Waals surface area contributed by atoms with E-state index in [-0.39, 0.29) is 0 Å². The number of nitrogens with one attached hydrogen (secondary N) is 2. The summed E-state index contributed by atoms with van der Waals surface area (Å²) < 4.78 is 0. The number of rotatable bonds is 6. The van der Waals surface area contributed by atoms with E-state index >= 15 is 0 Å². The number of hydrogen-bond donors (Lipinski definition) is 2. The zero-order valence-electron chi connectivity index (χ0n) is 10.3. The van der Waals surface area contributed by atoms with Crippen LogP contribution in [0.5, 0.6) is 0 Å². The molecule has 0 atom stereocenters. The lowest BCUT2D eigenvalue weighted by molar-refractivity contribution is 0.485. The largest absolute Gasteiger partial charge is 0.316 e. The van der Waals surface area contributed by atoms with E-state index in [1.54, 1.807) is 0 Å². The smallest absolute Gasteiger partial charge is 0.0522 e. The second-order valence-corrected chi connectivity index (χ2v) is 4.98. The minimum absolute atomic E-state index is 0.954. The van der Waals surface area contributed by atoms with Gasteiger partial charge in [0.25, 0.3) is 0 Å². The van der Waals surface area contributed by atoms with Gasteiger partial charge in [0.15, 0.2) is 0 Å². The first kappa shape index (κ1) is 11.6. The highest BCUT2D eigenvalue weighted by atomic mass is 15.1. The lowest BCUT2D eigenvalue weighted by atomic mass is 10.1. The van der Waals surface area contributed by atoms with E-state index in [2.05, 4.69) is 22.4 Å². The third-order valence-electron chi connectivity index (χ3n) is 3.64. The van der Waals surface area contributed by atoms with Gasteiger partial charge in [-0.25, -0.2) is 0 Å². The van der Waals surface area contributed by atoms with E-state index in [1.807, 2.05) is 6.20 Å². The van der Waals surface area contributed by atoms with Crippen LogP contribution in [0, 0.1) is 12.8 Å². The summed E-state index contributed by atoms with van der Waals surface area (Å²) in [7, 11) is 0. The average molecular weight is 221 g/mol. The minimum atomic E-state index is 0.954. The lowest BCUT2D eigenvalue weighted by Gasteiger charge is -2.09. The topological polar surface area (TPSA) is 40.7 Å². The summed E-state index contributed by atoms with van der Waals surface area (Å²) >= 11 is 0. The zero-order chi connectivity index (χ0) is 11.2. The number of H-pyrrole nitrogens is 1. The highest BCUT2D eigenvalue weighted by Gasteiger charge is 2.13. The molecule has 1 saturated carbocycles. The fourth-order valence-electron chi connectivity index (χ4n) is 2.55. The van der Waals surface area contributed by atoms with Crippen LogP contribution in [0.15, 0.2) is 6.20 Å². The van der Waals surface area contributed by atoms with E-state index < -0.39 is 0 Å². The molecule has 16 heavy (non-hydrogen) atoms. The number of nitrogens with zero attached hydrogens (tertiary/aromatic N) is 1. The Morgan fingerprint density at radius 2 is 2.25 bits per heavy atom. The Kier molecular flexibility index (Phi) is 4.40. The first-order valence-electron chi connectivity index (χ1n) is 6.56. The molecule has 1 aliphatic carbocycles. The van der Waals surface area contributed by atoms with Gasteiger partial charge in [0.2, 0.25) is 0 Å². The molecule has 0 saturated heterocycles. The van der Waals surface area contributed by atoms with Crippen LogP contribution in [0.3, 0.4) is 0 Å². The number of aryl methyl sites for hydroxylation is 2.